The normalized spacial score (nSPS) is 15.9. The molecule has 0 amide bonds. The number of nitrogens with one attached hydrogen (secondary N) is 1. The molecule has 2 aromatic heterocycles. The fourth-order valence-corrected chi connectivity index (χ4v) is 4.59. The van der Waals surface area contributed by atoms with Crippen molar-refractivity contribution in [1.29, 1.82) is 0 Å². The molecule has 2 aliphatic rings. The van der Waals surface area contributed by atoms with Crippen molar-refractivity contribution >= 4 is 11.5 Å². The topological polar surface area (TPSA) is 84.9 Å². The van der Waals surface area contributed by atoms with E-state index in [1.165, 1.54) is 5.56 Å². The molecule has 0 spiro atoms. The monoisotopic (exact) mass is 423 g/mol. The van der Waals surface area contributed by atoms with Gasteiger partial charge < -0.3 is 11.1 Å². The molecule has 1 fully saturated rings. The van der Waals surface area contributed by atoms with Crippen LogP contribution in [0.25, 0.3) is 28.5 Å². The van der Waals surface area contributed by atoms with Gasteiger partial charge in [0.2, 0.25) is 0 Å². The summed E-state index contributed by atoms with van der Waals surface area (Å²) in [7, 11) is 0. The second-order valence-electron chi connectivity index (χ2n) is 8.53. The van der Waals surface area contributed by atoms with Crippen molar-refractivity contribution in [3.8, 4) is 28.5 Å². The standard InChI is InChI=1S/C25H25N7/c26-19-11-14-31(15-12-19)16-17-7-9-18(10-8-17)24-29-30-25-20-4-1-2-5-21(20)28-23-22(32(24)25)6-3-13-27-23/h1-10,13,19H,11-12,14-16,26H2,(H,27,28). The summed E-state index contributed by atoms with van der Waals surface area (Å²) in [5.41, 5.74) is 11.3. The SMILES string of the molecule is NC1CCN(Cc2ccc(-c3nnc4n3-c3cccnc3Nc3ccccc3-4)cc2)CC1. The highest BCUT2D eigenvalue weighted by molar-refractivity contribution is 5.84. The molecular weight excluding hydrogens is 398 g/mol. The zero-order chi connectivity index (χ0) is 21.5. The number of benzene rings is 2. The van der Waals surface area contributed by atoms with Gasteiger partial charge >= 0.3 is 0 Å². The van der Waals surface area contributed by atoms with E-state index in [9.17, 15) is 0 Å². The highest BCUT2D eigenvalue weighted by Crippen LogP contribution is 2.38. The van der Waals surface area contributed by atoms with Crippen molar-refractivity contribution in [3.05, 3.63) is 72.4 Å². The molecular formula is C25H25N7. The molecule has 0 bridgehead atoms. The molecule has 6 rings (SSSR count). The third-order valence-electron chi connectivity index (χ3n) is 6.36. The van der Waals surface area contributed by atoms with Gasteiger partial charge in [-0.2, -0.15) is 0 Å². The number of rotatable bonds is 3. The number of pyridine rings is 1. The van der Waals surface area contributed by atoms with Crippen molar-refractivity contribution in [1.82, 2.24) is 24.6 Å². The minimum Gasteiger partial charge on any atom is -0.338 e. The first-order chi connectivity index (χ1) is 15.8. The van der Waals surface area contributed by atoms with Crippen molar-refractivity contribution in [2.24, 2.45) is 5.73 Å². The Morgan fingerprint density at radius 1 is 0.906 bits per heavy atom. The summed E-state index contributed by atoms with van der Waals surface area (Å²) < 4.78 is 2.10. The molecule has 4 heterocycles. The zero-order valence-corrected chi connectivity index (χ0v) is 17.8. The summed E-state index contributed by atoms with van der Waals surface area (Å²) in [5, 5.41) is 12.6. The van der Waals surface area contributed by atoms with Crippen LogP contribution in [0.3, 0.4) is 0 Å². The van der Waals surface area contributed by atoms with Crippen molar-refractivity contribution in [3.63, 3.8) is 0 Å². The highest BCUT2D eigenvalue weighted by atomic mass is 15.3. The number of hydrogen-bond acceptors (Lipinski definition) is 6. The van der Waals surface area contributed by atoms with Gasteiger partial charge in [-0.1, -0.05) is 36.4 Å². The Balaban J connectivity index is 1.38. The minimum absolute atomic E-state index is 0.355. The molecule has 32 heavy (non-hydrogen) atoms. The van der Waals surface area contributed by atoms with Crippen LogP contribution in [0.15, 0.2) is 66.9 Å². The lowest BCUT2D eigenvalue weighted by molar-refractivity contribution is 0.205. The second-order valence-corrected chi connectivity index (χ2v) is 8.53. The van der Waals surface area contributed by atoms with E-state index in [-0.39, 0.29) is 0 Å². The third kappa shape index (κ3) is 3.36. The molecule has 0 saturated carbocycles. The summed E-state index contributed by atoms with van der Waals surface area (Å²) >= 11 is 0. The summed E-state index contributed by atoms with van der Waals surface area (Å²) in [6, 6.07) is 21.1. The lowest BCUT2D eigenvalue weighted by Crippen LogP contribution is -2.39. The molecule has 7 heteroatoms. The van der Waals surface area contributed by atoms with Crippen LogP contribution in [-0.2, 0) is 6.54 Å². The Labute approximate surface area is 186 Å². The first kappa shape index (κ1) is 19.2. The predicted molar refractivity (Wildman–Crippen MR) is 126 cm³/mol. The zero-order valence-electron chi connectivity index (χ0n) is 17.8. The second kappa shape index (κ2) is 7.85. The molecule has 7 nitrogen and oxygen atoms in total. The third-order valence-corrected chi connectivity index (χ3v) is 6.36. The van der Waals surface area contributed by atoms with E-state index in [0.29, 0.717) is 6.04 Å². The number of fused-ring (bicyclic) bond motifs is 5. The van der Waals surface area contributed by atoms with Crippen LogP contribution >= 0.6 is 0 Å². The van der Waals surface area contributed by atoms with Gasteiger partial charge in [0.1, 0.15) is 0 Å². The smallest absolute Gasteiger partial charge is 0.171 e. The number of piperidine rings is 1. The first-order valence-electron chi connectivity index (χ1n) is 11.1. The Bertz CT molecular complexity index is 1250. The maximum absolute atomic E-state index is 6.04. The number of nitrogens with zero attached hydrogens (tertiary/aromatic N) is 5. The summed E-state index contributed by atoms with van der Waals surface area (Å²) in [4.78, 5) is 7.05. The van der Waals surface area contributed by atoms with Gasteiger partial charge in [-0.05, 0) is 55.8 Å². The largest absolute Gasteiger partial charge is 0.338 e. The fraction of sp³-hybridized carbons (Fsp3) is 0.240. The van der Waals surface area contributed by atoms with Gasteiger partial charge in [0.25, 0.3) is 0 Å². The van der Waals surface area contributed by atoms with Crippen molar-refractivity contribution in [2.45, 2.75) is 25.4 Å². The lowest BCUT2D eigenvalue weighted by Gasteiger charge is -2.30. The van der Waals surface area contributed by atoms with Gasteiger partial charge in [0.05, 0.1) is 11.4 Å². The van der Waals surface area contributed by atoms with Crippen molar-refractivity contribution in [2.75, 3.05) is 18.4 Å². The molecule has 4 aromatic rings. The van der Waals surface area contributed by atoms with Crippen LogP contribution in [-0.4, -0.2) is 43.8 Å². The average molecular weight is 424 g/mol. The average Bonchev–Trinajstić information content (AvgIpc) is 3.21. The van der Waals surface area contributed by atoms with Crippen LogP contribution in [0.4, 0.5) is 11.5 Å². The molecule has 1 saturated heterocycles. The number of hydrogen-bond donors (Lipinski definition) is 2. The fourth-order valence-electron chi connectivity index (χ4n) is 4.59. The van der Waals surface area contributed by atoms with E-state index in [1.807, 2.05) is 30.3 Å². The van der Waals surface area contributed by atoms with Gasteiger partial charge in [-0.25, -0.2) is 4.98 Å². The van der Waals surface area contributed by atoms with Crippen LogP contribution < -0.4 is 11.1 Å². The maximum Gasteiger partial charge on any atom is 0.171 e. The Hall–Kier alpha value is -3.55. The maximum atomic E-state index is 6.04. The summed E-state index contributed by atoms with van der Waals surface area (Å²) in [5.74, 6) is 2.41. The molecule has 2 aromatic carbocycles. The number of nitrogens with two attached hydrogens (primary N) is 1. The van der Waals surface area contributed by atoms with Crippen molar-refractivity contribution < 1.29 is 0 Å². The van der Waals surface area contributed by atoms with E-state index in [2.05, 4.69) is 60.3 Å². The van der Waals surface area contributed by atoms with Gasteiger partial charge in [-0.15, -0.1) is 10.2 Å². The number of likely N-dealkylation sites (tertiary alicyclic amines) is 1. The highest BCUT2D eigenvalue weighted by Gasteiger charge is 2.25. The molecule has 0 unspecified atom stereocenters. The Morgan fingerprint density at radius 2 is 1.69 bits per heavy atom. The van der Waals surface area contributed by atoms with Gasteiger partial charge in [0, 0.05) is 29.9 Å². The quantitative estimate of drug-likeness (QED) is 0.457. The molecule has 0 atom stereocenters. The molecule has 0 aliphatic carbocycles. The van der Waals surface area contributed by atoms with E-state index >= 15 is 0 Å². The summed E-state index contributed by atoms with van der Waals surface area (Å²) in [6.45, 7) is 3.09. The van der Waals surface area contributed by atoms with E-state index in [4.69, 9.17) is 5.73 Å². The number of para-hydroxylation sites is 1. The van der Waals surface area contributed by atoms with Crippen LogP contribution in [0, 0.1) is 0 Å². The molecule has 160 valence electrons. The minimum atomic E-state index is 0.355. The molecule has 2 aliphatic heterocycles. The number of aromatic nitrogens is 4. The van der Waals surface area contributed by atoms with Gasteiger partial charge in [-0.3, -0.25) is 9.47 Å². The Morgan fingerprint density at radius 3 is 2.53 bits per heavy atom. The number of anilines is 2. The van der Waals surface area contributed by atoms with Crippen LogP contribution in [0.1, 0.15) is 18.4 Å². The van der Waals surface area contributed by atoms with E-state index < -0.39 is 0 Å². The first-order valence-corrected chi connectivity index (χ1v) is 11.1. The predicted octanol–water partition coefficient (Wildman–Crippen LogP) is 3.98. The van der Waals surface area contributed by atoms with Crippen LogP contribution in [0.5, 0.6) is 0 Å². The summed E-state index contributed by atoms with van der Waals surface area (Å²) in [6.07, 6.45) is 3.95. The Kier molecular flexibility index (Phi) is 4.70. The van der Waals surface area contributed by atoms with Crippen LogP contribution in [0.2, 0.25) is 0 Å². The van der Waals surface area contributed by atoms with E-state index in [0.717, 1.165) is 72.4 Å². The molecule has 3 N–H and O–H groups in total. The van der Waals surface area contributed by atoms with E-state index in [1.54, 1.807) is 6.20 Å². The lowest BCUT2D eigenvalue weighted by atomic mass is 10.0. The molecule has 0 radical (unpaired) electrons. The van der Waals surface area contributed by atoms with Gasteiger partial charge in [0.15, 0.2) is 17.5 Å².